The number of furan rings is 1. The van der Waals surface area contributed by atoms with Gasteiger partial charge in [0.25, 0.3) is 5.91 Å². The maximum absolute atomic E-state index is 12.1. The minimum absolute atomic E-state index is 0. The van der Waals surface area contributed by atoms with E-state index in [1.54, 1.807) is 19.3 Å². The molecule has 1 fully saturated rings. The highest BCUT2D eigenvalue weighted by molar-refractivity contribution is 5.95. The SMILES string of the molecule is Cc1occc1C(=O)NC(CN)C1CCCCC1.Cl. The van der Waals surface area contributed by atoms with Crippen LogP contribution in [0.25, 0.3) is 0 Å². The van der Waals surface area contributed by atoms with Crippen molar-refractivity contribution in [3.05, 3.63) is 23.7 Å². The van der Waals surface area contributed by atoms with Gasteiger partial charge in [0, 0.05) is 12.6 Å². The number of carbonyl (C=O) groups excluding carboxylic acids is 1. The molecular formula is C14H23ClN2O2. The average Bonchev–Trinajstić information content (AvgIpc) is 2.83. The first-order chi connectivity index (χ1) is 8.72. The Labute approximate surface area is 120 Å². The number of nitrogens with one attached hydrogen (secondary N) is 1. The molecule has 1 heterocycles. The molecule has 1 aliphatic carbocycles. The minimum atomic E-state index is -0.0673. The first-order valence-corrected chi connectivity index (χ1v) is 6.77. The van der Waals surface area contributed by atoms with Crippen molar-refractivity contribution >= 4 is 18.3 Å². The Kier molecular flexibility index (Phi) is 6.38. The molecule has 1 aromatic heterocycles. The molecule has 1 atom stereocenters. The lowest BCUT2D eigenvalue weighted by Crippen LogP contribution is -2.45. The fraction of sp³-hybridized carbons (Fsp3) is 0.643. The van der Waals surface area contributed by atoms with Gasteiger partial charge in [0.15, 0.2) is 0 Å². The van der Waals surface area contributed by atoms with Crippen LogP contribution in [-0.4, -0.2) is 18.5 Å². The summed E-state index contributed by atoms with van der Waals surface area (Å²) in [4.78, 5) is 12.1. The largest absolute Gasteiger partial charge is 0.469 e. The van der Waals surface area contributed by atoms with Crippen LogP contribution in [0.4, 0.5) is 0 Å². The molecule has 1 aliphatic rings. The molecule has 0 aromatic carbocycles. The van der Waals surface area contributed by atoms with Gasteiger partial charge in [-0.3, -0.25) is 4.79 Å². The predicted octanol–water partition coefficient (Wildman–Crippen LogP) is 2.65. The number of carbonyl (C=O) groups is 1. The van der Waals surface area contributed by atoms with E-state index >= 15 is 0 Å². The van der Waals surface area contributed by atoms with Gasteiger partial charge < -0.3 is 15.5 Å². The molecule has 1 saturated carbocycles. The molecule has 5 heteroatoms. The van der Waals surface area contributed by atoms with E-state index in [2.05, 4.69) is 5.32 Å². The van der Waals surface area contributed by atoms with Crippen LogP contribution in [0.1, 0.15) is 48.2 Å². The molecule has 19 heavy (non-hydrogen) atoms. The lowest BCUT2D eigenvalue weighted by molar-refractivity contribution is 0.0914. The molecule has 3 N–H and O–H groups in total. The molecule has 0 aliphatic heterocycles. The Hall–Kier alpha value is -1.00. The highest BCUT2D eigenvalue weighted by Crippen LogP contribution is 2.26. The van der Waals surface area contributed by atoms with Crippen LogP contribution in [0.3, 0.4) is 0 Å². The highest BCUT2D eigenvalue weighted by Gasteiger charge is 2.25. The second kappa shape index (κ2) is 7.56. The van der Waals surface area contributed by atoms with E-state index in [1.165, 1.54) is 32.1 Å². The lowest BCUT2D eigenvalue weighted by Gasteiger charge is -2.30. The van der Waals surface area contributed by atoms with E-state index in [4.69, 9.17) is 10.2 Å². The van der Waals surface area contributed by atoms with E-state index in [0.29, 0.717) is 23.8 Å². The van der Waals surface area contributed by atoms with Gasteiger partial charge in [-0.15, -0.1) is 12.4 Å². The van der Waals surface area contributed by atoms with E-state index in [1.807, 2.05) is 0 Å². The number of hydrogen-bond acceptors (Lipinski definition) is 3. The van der Waals surface area contributed by atoms with Crippen molar-refractivity contribution in [1.82, 2.24) is 5.32 Å². The van der Waals surface area contributed by atoms with Crippen molar-refractivity contribution in [2.24, 2.45) is 11.7 Å². The normalized spacial score (nSPS) is 17.6. The molecular weight excluding hydrogens is 264 g/mol. The van der Waals surface area contributed by atoms with Crippen molar-refractivity contribution in [3.63, 3.8) is 0 Å². The summed E-state index contributed by atoms with van der Waals surface area (Å²) in [7, 11) is 0. The second-order valence-electron chi connectivity index (χ2n) is 5.10. The van der Waals surface area contributed by atoms with Crippen LogP contribution in [0, 0.1) is 12.8 Å². The molecule has 0 bridgehead atoms. The monoisotopic (exact) mass is 286 g/mol. The quantitative estimate of drug-likeness (QED) is 0.894. The third-order valence-electron chi connectivity index (χ3n) is 3.89. The third-order valence-corrected chi connectivity index (χ3v) is 3.89. The summed E-state index contributed by atoms with van der Waals surface area (Å²) >= 11 is 0. The maximum atomic E-state index is 12.1. The summed E-state index contributed by atoms with van der Waals surface area (Å²) in [6.45, 7) is 2.31. The van der Waals surface area contributed by atoms with E-state index in [0.717, 1.165) is 0 Å². The van der Waals surface area contributed by atoms with Crippen molar-refractivity contribution < 1.29 is 9.21 Å². The van der Waals surface area contributed by atoms with Crippen LogP contribution >= 0.6 is 12.4 Å². The van der Waals surface area contributed by atoms with Crippen LogP contribution in [0.15, 0.2) is 16.7 Å². The topological polar surface area (TPSA) is 68.3 Å². The third kappa shape index (κ3) is 3.98. The Bertz CT molecular complexity index is 400. The van der Waals surface area contributed by atoms with Gasteiger partial charge in [-0.2, -0.15) is 0 Å². The Morgan fingerprint density at radius 2 is 2.16 bits per heavy atom. The van der Waals surface area contributed by atoms with E-state index in [-0.39, 0.29) is 24.4 Å². The average molecular weight is 287 g/mol. The summed E-state index contributed by atoms with van der Waals surface area (Å²) in [6.07, 6.45) is 7.70. The number of rotatable bonds is 4. The van der Waals surface area contributed by atoms with Gasteiger partial charge >= 0.3 is 0 Å². The zero-order chi connectivity index (χ0) is 13.0. The molecule has 4 nitrogen and oxygen atoms in total. The number of amides is 1. The molecule has 1 amide bonds. The molecule has 0 saturated heterocycles. The molecule has 0 spiro atoms. The fourth-order valence-electron chi connectivity index (χ4n) is 2.77. The summed E-state index contributed by atoms with van der Waals surface area (Å²) in [5.74, 6) is 1.12. The summed E-state index contributed by atoms with van der Waals surface area (Å²) in [5.41, 5.74) is 6.42. The Balaban J connectivity index is 0.00000180. The predicted molar refractivity (Wildman–Crippen MR) is 77.6 cm³/mol. The fourth-order valence-corrected chi connectivity index (χ4v) is 2.77. The number of aryl methyl sites for hydroxylation is 1. The molecule has 2 rings (SSSR count). The van der Waals surface area contributed by atoms with Crippen LogP contribution < -0.4 is 11.1 Å². The number of hydrogen-bond donors (Lipinski definition) is 2. The van der Waals surface area contributed by atoms with Gasteiger partial charge in [0.1, 0.15) is 5.76 Å². The summed E-state index contributed by atoms with van der Waals surface area (Å²) in [6, 6.07) is 1.80. The van der Waals surface area contributed by atoms with Gasteiger partial charge in [-0.1, -0.05) is 19.3 Å². The van der Waals surface area contributed by atoms with Gasteiger partial charge in [0.2, 0.25) is 0 Å². The van der Waals surface area contributed by atoms with Gasteiger partial charge in [0.05, 0.1) is 11.8 Å². The van der Waals surface area contributed by atoms with Gasteiger partial charge in [-0.05, 0) is 31.7 Å². The Morgan fingerprint density at radius 3 is 2.68 bits per heavy atom. The smallest absolute Gasteiger partial charge is 0.255 e. The van der Waals surface area contributed by atoms with Crippen molar-refractivity contribution in [2.45, 2.75) is 45.1 Å². The van der Waals surface area contributed by atoms with E-state index < -0.39 is 0 Å². The first kappa shape index (κ1) is 16.1. The van der Waals surface area contributed by atoms with Crippen molar-refractivity contribution in [2.75, 3.05) is 6.54 Å². The van der Waals surface area contributed by atoms with Crippen LogP contribution in [0.2, 0.25) is 0 Å². The van der Waals surface area contributed by atoms with Crippen LogP contribution in [0.5, 0.6) is 0 Å². The van der Waals surface area contributed by atoms with Gasteiger partial charge in [-0.25, -0.2) is 0 Å². The lowest BCUT2D eigenvalue weighted by atomic mass is 9.84. The van der Waals surface area contributed by atoms with Crippen LogP contribution in [-0.2, 0) is 0 Å². The Morgan fingerprint density at radius 1 is 1.47 bits per heavy atom. The molecule has 1 unspecified atom stereocenters. The minimum Gasteiger partial charge on any atom is -0.469 e. The summed E-state index contributed by atoms with van der Waals surface area (Å²) in [5, 5.41) is 3.06. The highest BCUT2D eigenvalue weighted by atomic mass is 35.5. The standard InChI is InChI=1S/C14H22N2O2.ClH/c1-10-12(7-8-18-10)14(17)16-13(9-15)11-5-3-2-4-6-11;/h7-8,11,13H,2-6,9,15H2,1H3,(H,16,17);1H. The molecule has 108 valence electrons. The number of halogens is 1. The molecule has 1 aromatic rings. The van der Waals surface area contributed by atoms with E-state index in [9.17, 15) is 4.79 Å². The zero-order valence-electron chi connectivity index (χ0n) is 11.4. The first-order valence-electron chi connectivity index (χ1n) is 6.77. The maximum Gasteiger partial charge on any atom is 0.255 e. The number of nitrogens with two attached hydrogens (primary N) is 1. The zero-order valence-corrected chi connectivity index (χ0v) is 12.2. The van der Waals surface area contributed by atoms with Crippen molar-refractivity contribution in [3.8, 4) is 0 Å². The second-order valence-corrected chi connectivity index (χ2v) is 5.10. The summed E-state index contributed by atoms with van der Waals surface area (Å²) < 4.78 is 5.15. The molecule has 0 radical (unpaired) electrons. The van der Waals surface area contributed by atoms with Crippen molar-refractivity contribution in [1.29, 1.82) is 0 Å².